The molecule has 0 aliphatic rings. The van der Waals surface area contributed by atoms with Crippen LogP contribution in [0.15, 0.2) is 72.9 Å². The second-order valence-electron chi connectivity index (χ2n) is 20.1. The van der Waals surface area contributed by atoms with Crippen molar-refractivity contribution in [1.29, 1.82) is 0 Å². The number of phosphoric acid groups is 2. The number of ether oxygens (including phenoxy) is 3. The molecular weight excluding hydrogens is 1050 g/mol. The third-order valence-corrected chi connectivity index (χ3v) is 14.3. The van der Waals surface area contributed by atoms with Crippen LogP contribution in [0.3, 0.4) is 0 Å². The van der Waals surface area contributed by atoms with E-state index in [2.05, 4.69) is 93.7 Å². The van der Waals surface area contributed by atoms with Gasteiger partial charge in [-0.25, -0.2) is 9.13 Å². The molecule has 0 fully saturated rings. The first kappa shape index (κ1) is 76.0. The van der Waals surface area contributed by atoms with E-state index in [-0.39, 0.29) is 19.3 Å². The molecule has 18 heteroatoms. The number of hydrogen-bond acceptors (Lipinski definition) is 14. The van der Waals surface area contributed by atoms with Gasteiger partial charge in [-0.15, -0.1) is 0 Å². The Morgan fingerprint density at radius 2 is 0.671 bits per heavy atom. The van der Waals surface area contributed by atoms with Gasteiger partial charge in [-0.2, -0.15) is 0 Å². The fourth-order valence-corrected chi connectivity index (χ4v) is 9.42. The molecule has 5 atom stereocenters. The predicted octanol–water partition coefficient (Wildman–Crippen LogP) is 15.6. The normalized spacial score (nSPS) is 15.0. The lowest BCUT2D eigenvalue weighted by Crippen LogP contribution is -2.30. The van der Waals surface area contributed by atoms with Crippen LogP contribution in [0.5, 0.6) is 0 Å². The SMILES string of the molecule is CC/C=C\C/C=C\C/C=C\CCCCCCCC(=O)OCC(O)COP(=O)(O)OCC(O)COP(=O)(O)OCC(COC(=O)CCCCCCC/C=C\C/C=C\C/C=C\CC)OC(=O)CCCCCCCCCCCCCCC. The van der Waals surface area contributed by atoms with Gasteiger partial charge in [0, 0.05) is 19.3 Å². The number of unbranched alkanes of at least 4 members (excludes halogenated alkanes) is 22. The molecule has 458 valence electrons. The lowest BCUT2D eigenvalue weighted by molar-refractivity contribution is -0.161. The van der Waals surface area contributed by atoms with Gasteiger partial charge in [-0.05, 0) is 83.5 Å². The monoisotopic (exact) mass is 1160 g/mol. The molecule has 0 aromatic carbocycles. The van der Waals surface area contributed by atoms with E-state index in [0.717, 1.165) is 128 Å². The Balaban J connectivity index is 4.71. The van der Waals surface area contributed by atoms with Gasteiger partial charge in [-0.3, -0.25) is 32.5 Å². The van der Waals surface area contributed by atoms with Crippen LogP contribution in [0.4, 0.5) is 0 Å². The predicted molar refractivity (Wildman–Crippen MR) is 316 cm³/mol. The van der Waals surface area contributed by atoms with Crippen LogP contribution in [0.1, 0.15) is 239 Å². The molecule has 0 saturated heterocycles. The zero-order chi connectivity index (χ0) is 58.2. The summed E-state index contributed by atoms with van der Waals surface area (Å²) in [6, 6.07) is 0. The maximum atomic E-state index is 12.9. The van der Waals surface area contributed by atoms with Gasteiger partial charge in [0.2, 0.25) is 0 Å². The first-order valence-corrected chi connectivity index (χ1v) is 33.2. The Morgan fingerprint density at radius 1 is 0.367 bits per heavy atom. The number of aliphatic hydroxyl groups is 2. The van der Waals surface area contributed by atoms with Gasteiger partial charge in [0.15, 0.2) is 6.10 Å². The lowest BCUT2D eigenvalue weighted by Gasteiger charge is -2.21. The van der Waals surface area contributed by atoms with Crippen LogP contribution in [0, 0.1) is 0 Å². The third kappa shape index (κ3) is 56.6. The van der Waals surface area contributed by atoms with Crippen molar-refractivity contribution in [3.63, 3.8) is 0 Å². The van der Waals surface area contributed by atoms with Crippen molar-refractivity contribution < 1.29 is 75.8 Å². The summed E-state index contributed by atoms with van der Waals surface area (Å²) in [5.74, 6) is -1.61. The van der Waals surface area contributed by atoms with Gasteiger partial charge in [-0.1, -0.05) is 209 Å². The van der Waals surface area contributed by atoms with Gasteiger partial charge in [0.05, 0.1) is 26.4 Å². The summed E-state index contributed by atoms with van der Waals surface area (Å²) in [7, 11) is -9.76. The standard InChI is InChI=1S/C61H108O16P2/c1-4-7-10-13-16-19-22-25-27-30-32-35-38-41-44-47-59(64)71-50-56(62)51-73-78(67,68)74-52-57(63)53-75-79(69,70)76-55-58(77-61(66)49-46-43-40-37-34-29-24-21-18-15-12-9-6-3)54-72-60(65)48-45-42-39-36-33-31-28-26-23-20-17-14-11-8-5-2/h7-8,10-11,16-17,19-20,25-28,56-58,62-63H,4-6,9,12-15,18,21-24,29-55H2,1-3H3,(H,67,68)(H,69,70)/b10-7-,11-8-,19-16-,20-17-,27-25-,28-26-. The zero-order valence-electron chi connectivity index (χ0n) is 49.0. The highest BCUT2D eigenvalue weighted by molar-refractivity contribution is 7.47. The molecule has 16 nitrogen and oxygen atoms in total. The second-order valence-corrected chi connectivity index (χ2v) is 23.0. The average molecular weight is 1160 g/mol. The number of carbonyl (C=O) groups excluding carboxylic acids is 3. The molecule has 0 spiro atoms. The van der Waals surface area contributed by atoms with Crippen LogP contribution in [0.2, 0.25) is 0 Å². The molecule has 5 unspecified atom stereocenters. The molecule has 0 radical (unpaired) electrons. The van der Waals surface area contributed by atoms with Gasteiger partial charge >= 0.3 is 33.6 Å². The van der Waals surface area contributed by atoms with Crippen LogP contribution in [0.25, 0.3) is 0 Å². The summed E-state index contributed by atoms with van der Waals surface area (Å²) in [6.45, 7) is 2.39. The van der Waals surface area contributed by atoms with Crippen LogP contribution in [-0.2, 0) is 55.8 Å². The minimum absolute atomic E-state index is 0.104. The Labute approximate surface area is 477 Å². The molecule has 0 amide bonds. The van der Waals surface area contributed by atoms with Crippen molar-refractivity contribution in [3.8, 4) is 0 Å². The Hall–Kier alpha value is -3.01. The fourth-order valence-electron chi connectivity index (χ4n) is 7.83. The molecule has 0 rings (SSSR count). The van der Waals surface area contributed by atoms with E-state index in [1.165, 1.54) is 51.4 Å². The number of aliphatic hydroxyl groups excluding tert-OH is 2. The van der Waals surface area contributed by atoms with Gasteiger partial charge < -0.3 is 34.2 Å². The summed E-state index contributed by atoms with van der Waals surface area (Å²) in [5.41, 5.74) is 0. The Bertz CT molecular complexity index is 1750. The first-order valence-electron chi connectivity index (χ1n) is 30.2. The molecule has 0 aromatic rings. The van der Waals surface area contributed by atoms with E-state index < -0.39 is 91.5 Å². The van der Waals surface area contributed by atoms with Crippen molar-refractivity contribution >= 4 is 33.6 Å². The minimum Gasteiger partial charge on any atom is -0.463 e. The quantitative estimate of drug-likeness (QED) is 0.0146. The van der Waals surface area contributed by atoms with E-state index in [9.17, 15) is 43.5 Å². The largest absolute Gasteiger partial charge is 0.472 e. The van der Waals surface area contributed by atoms with Crippen molar-refractivity contribution in [2.45, 2.75) is 257 Å². The number of rotatable bonds is 57. The Morgan fingerprint density at radius 3 is 1.06 bits per heavy atom. The highest BCUT2D eigenvalue weighted by Gasteiger charge is 2.29. The highest BCUT2D eigenvalue weighted by Crippen LogP contribution is 2.45. The molecule has 0 aromatic heterocycles. The smallest absolute Gasteiger partial charge is 0.463 e. The number of carbonyl (C=O) groups is 3. The maximum Gasteiger partial charge on any atom is 0.472 e. The maximum absolute atomic E-state index is 12.9. The summed E-state index contributed by atoms with van der Waals surface area (Å²) < 4.78 is 60.6. The highest BCUT2D eigenvalue weighted by atomic mass is 31.2. The fraction of sp³-hybridized carbons (Fsp3) is 0.754. The minimum atomic E-state index is -4.92. The van der Waals surface area contributed by atoms with Crippen molar-refractivity contribution in [1.82, 2.24) is 0 Å². The van der Waals surface area contributed by atoms with E-state index in [1.54, 1.807) is 0 Å². The number of phosphoric ester groups is 2. The number of hydrogen-bond donors (Lipinski definition) is 4. The molecule has 0 heterocycles. The van der Waals surface area contributed by atoms with Crippen molar-refractivity contribution in [2.24, 2.45) is 0 Å². The van der Waals surface area contributed by atoms with Crippen LogP contribution >= 0.6 is 15.6 Å². The average Bonchev–Trinajstić information content (AvgIpc) is 3.42. The van der Waals surface area contributed by atoms with Gasteiger partial charge in [0.25, 0.3) is 0 Å². The third-order valence-electron chi connectivity index (χ3n) is 12.4. The summed E-state index contributed by atoms with van der Waals surface area (Å²) >= 11 is 0. The molecule has 0 bridgehead atoms. The van der Waals surface area contributed by atoms with Crippen LogP contribution < -0.4 is 0 Å². The molecule has 0 aliphatic carbocycles. The second kappa shape index (κ2) is 55.5. The van der Waals surface area contributed by atoms with E-state index in [0.29, 0.717) is 19.3 Å². The van der Waals surface area contributed by atoms with Crippen molar-refractivity contribution in [3.05, 3.63) is 72.9 Å². The number of esters is 3. The molecule has 0 aliphatic heterocycles. The summed E-state index contributed by atoms with van der Waals surface area (Å²) in [4.78, 5) is 58.1. The Kier molecular flexibility index (Phi) is 53.4. The zero-order valence-corrected chi connectivity index (χ0v) is 50.8. The molecule has 4 N–H and O–H groups in total. The summed E-state index contributed by atoms with van der Waals surface area (Å²) in [5, 5.41) is 20.4. The van der Waals surface area contributed by atoms with E-state index in [4.69, 9.17) is 32.3 Å². The molecular formula is C61H108O16P2. The van der Waals surface area contributed by atoms with Crippen molar-refractivity contribution in [2.75, 3.05) is 39.6 Å². The van der Waals surface area contributed by atoms with E-state index in [1.807, 2.05) is 0 Å². The number of allylic oxidation sites excluding steroid dienone is 12. The first-order chi connectivity index (χ1) is 38.2. The topological polar surface area (TPSA) is 231 Å². The van der Waals surface area contributed by atoms with Crippen LogP contribution in [-0.4, -0.2) is 95.9 Å². The van der Waals surface area contributed by atoms with Gasteiger partial charge in [0.1, 0.15) is 25.4 Å². The lowest BCUT2D eigenvalue weighted by atomic mass is 10.0. The molecule has 0 saturated carbocycles. The van der Waals surface area contributed by atoms with E-state index >= 15 is 0 Å². The summed E-state index contributed by atoms with van der Waals surface area (Å²) in [6.07, 6.45) is 54.0. The molecule has 79 heavy (non-hydrogen) atoms.